The lowest BCUT2D eigenvalue weighted by molar-refractivity contribution is -0.146. The quantitative estimate of drug-likeness (QED) is 0.588. The second-order valence-electron chi connectivity index (χ2n) is 9.68. The van der Waals surface area contributed by atoms with E-state index in [0.717, 1.165) is 18.4 Å². The van der Waals surface area contributed by atoms with Gasteiger partial charge in [0.1, 0.15) is 23.4 Å². The molecule has 3 heterocycles. The van der Waals surface area contributed by atoms with Crippen molar-refractivity contribution < 1.29 is 13.9 Å². The summed E-state index contributed by atoms with van der Waals surface area (Å²) in [5, 5.41) is 0. The molecule has 2 unspecified atom stereocenters. The Hall–Kier alpha value is -3.07. The van der Waals surface area contributed by atoms with Crippen LogP contribution in [-0.4, -0.2) is 58.9 Å². The highest BCUT2D eigenvalue weighted by Gasteiger charge is 2.41. The van der Waals surface area contributed by atoms with Gasteiger partial charge in [-0.3, -0.25) is 14.3 Å². The number of piperazine rings is 1. The van der Waals surface area contributed by atoms with E-state index in [4.69, 9.17) is 9.73 Å². The SMILES string of the molecule is CCOC(=O)C1C(C)=Nc2c(c(N3CCN(Cc4ccccc4F)CC3)nc(=O)n2C2CC2)C1C. The topological polar surface area (TPSA) is 80.0 Å². The minimum Gasteiger partial charge on any atom is -0.465 e. The fourth-order valence-corrected chi connectivity index (χ4v) is 5.31. The summed E-state index contributed by atoms with van der Waals surface area (Å²) >= 11 is 0. The maximum Gasteiger partial charge on any atom is 0.351 e. The monoisotopic (exact) mass is 481 g/mol. The van der Waals surface area contributed by atoms with Gasteiger partial charge >= 0.3 is 11.7 Å². The number of halogens is 1. The molecule has 35 heavy (non-hydrogen) atoms. The van der Waals surface area contributed by atoms with Crippen LogP contribution in [0.25, 0.3) is 0 Å². The number of hydrogen-bond acceptors (Lipinski definition) is 7. The first kappa shape index (κ1) is 23.7. The fourth-order valence-electron chi connectivity index (χ4n) is 5.31. The van der Waals surface area contributed by atoms with Crippen LogP contribution in [0.4, 0.5) is 16.0 Å². The van der Waals surface area contributed by atoms with Gasteiger partial charge in [0, 0.05) is 61.5 Å². The van der Waals surface area contributed by atoms with Crippen LogP contribution in [0.5, 0.6) is 0 Å². The molecule has 0 radical (unpaired) electrons. The van der Waals surface area contributed by atoms with Gasteiger partial charge in [0.05, 0.1) is 6.61 Å². The van der Waals surface area contributed by atoms with Gasteiger partial charge in [0.25, 0.3) is 0 Å². The first-order valence-corrected chi connectivity index (χ1v) is 12.5. The van der Waals surface area contributed by atoms with E-state index in [1.54, 1.807) is 17.6 Å². The van der Waals surface area contributed by atoms with E-state index in [2.05, 4.69) is 14.8 Å². The van der Waals surface area contributed by atoms with E-state index >= 15 is 0 Å². The predicted octanol–water partition coefficient (Wildman–Crippen LogP) is 3.43. The number of esters is 1. The number of aromatic nitrogens is 2. The predicted molar refractivity (Wildman–Crippen MR) is 132 cm³/mol. The average Bonchev–Trinajstić information content (AvgIpc) is 3.66. The molecule has 186 valence electrons. The summed E-state index contributed by atoms with van der Waals surface area (Å²) in [5.74, 6) is 0.0482. The number of fused-ring (bicyclic) bond motifs is 1. The molecule has 1 aromatic carbocycles. The van der Waals surface area contributed by atoms with Crippen LogP contribution in [0.15, 0.2) is 34.1 Å². The Balaban J connectivity index is 1.45. The van der Waals surface area contributed by atoms with Crippen LogP contribution in [0.2, 0.25) is 0 Å². The lowest BCUT2D eigenvalue weighted by Crippen LogP contribution is -2.48. The summed E-state index contributed by atoms with van der Waals surface area (Å²) in [4.78, 5) is 39.6. The van der Waals surface area contributed by atoms with Crippen molar-refractivity contribution in [3.05, 3.63) is 51.7 Å². The highest BCUT2D eigenvalue weighted by molar-refractivity contribution is 6.04. The van der Waals surface area contributed by atoms with Gasteiger partial charge in [-0.1, -0.05) is 25.1 Å². The highest BCUT2D eigenvalue weighted by Crippen LogP contribution is 2.46. The van der Waals surface area contributed by atoms with Gasteiger partial charge in [-0.25, -0.2) is 14.2 Å². The summed E-state index contributed by atoms with van der Waals surface area (Å²) in [7, 11) is 0. The van der Waals surface area contributed by atoms with Gasteiger partial charge in [-0.05, 0) is 32.8 Å². The first-order valence-electron chi connectivity index (χ1n) is 12.5. The number of hydrogen-bond donors (Lipinski definition) is 0. The smallest absolute Gasteiger partial charge is 0.351 e. The van der Waals surface area contributed by atoms with E-state index in [9.17, 15) is 14.0 Å². The maximum absolute atomic E-state index is 14.1. The summed E-state index contributed by atoms with van der Waals surface area (Å²) in [6.07, 6.45) is 1.87. The molecule has 2 atom stereocenters. The summed E-state index contributed by atoms with van der Waals surface area (Å²) in [5.41, 5.74) is 1.92. The largest absolute Gasteiger partial charge is 0.465 e. The molecule has 8 nitrogen and oxygen atoms in total. The van der Waals surface area contributed by atoms with Crippen LogP contribution in [0, 0.1) is 11.7 Å². The Morgan fingerprint density at radius 2 is 1.89 bits per heavy atom. The third-order valence-electron chi connectivity index (χ3n) is 7.28. The number of rotatable bonds is 6. The molecule has 1 aliphatic carbocycles. The highest BCUT2D eigenvalue weighted by atomic mass is 19.1. The lowest BCUT2D eigenvalue weighted by Gasteiger charge is -2.38. The molecule has 9 heteroatoms. The van der Waals surface area contributed by atoms with Crippen molar-refractivity contribution >= 4 is 23.3 Å². The molecule has 1 saturated carbocycles. The number of benzene rings is 1. The van der Waals surface area contributed by atoms with E-state index < -0.39 is 5.92 Å². The lowest BCUT2D eigenvalue weighted by atomic mass is 9.82. The van der Waals surface area contributed by atoms with E-state index in [1.807, 2.05) is 26.0 Å². The van der Waals surface area contributed by atoms with Crippen molar-refractivity contribution in [3.63, 3.8) is 0 Å². The Labute approximate surface area is 204 Å². The minimum atomic E-state index is -0.504. The zero-order valence-corrected chi connectivity index (χ0v) is 20.5. The molecule has 1 aromatic heterocycles. The second kappa shape index (κ2) is 9.53. The van der Waals surface area contributed by atoms with Crippen LogP contribution in [-0.2, 0) is 16.1 Å². The molecule has 3 aliphatic rings. The van der Waals surface area contributed by atoms with Gasteiger partial charge in [-0.2, -0.15) is 4.98 Å². The summed E-state index contributed by atoms with van der Waals surface area (Å²) in [6, 6.07) is 6.97. The van der Waals surface area contributed by atoms with Crippen LogP contribution >= 0.6 is 0 Å². The number of aliphatic imine (C=N–C) groups is 1. The molecule has 0 N–H and O–H groups in total. The van der Waals surface area contributed by atoms with Crippen LogP contribution in [0.1, 0.15) is 56.7 Å². The third-order valence-corrected chi connectivity index (χ3v) is 7.28. The average molecular weight is 482 g/mol. The Kier molecular flexibility index (Phi) is 6.44. The van der Waals surface area contributed by atoms with Crippen molar-refractivity contribution in [1.82, 2.24) is 14.5 Å². The molecule has 5 rings (SSSR count). The van der Waals surface area contributed by atoms with Crippen LogP contribution < -0.4 is 10.6 Å². The van der Waals surface area contributed by atoms with Gasteiger partial charge in [-0.15, -0.1) is 0 Å². The number of nitrogens with zero attached hydrogens (tertiary/aromatic N) is 5. The minimum absolute atomic E-state index is 0.123. The van der Waals surface area contributed by atoms with Crippen molar-refractivity contribution in [1.29, 1.82) is 0 Å². The molecule has 2 aliphatic heterocycles. The van der Waals surface area contributed by atoms with Gasteiger partial charge in [0.15, 0.2) is 0 Å². The number of carbonyl (C=O) groups is 1. The standard InChI is InChI=1S/C26H32FN5O3/c1-4-35-25(33)21-16(2)22-23(29-26(34)32(19-9-10-19)24(22)28-17(21)3)31-13-11-30(12-14-31)15-18-7-5-6-8-20(18)27/h5-8,16,19,21H,4,9-15H2,1-3H3. The third kappa shape index (κ3) is 4.49. The summed E-state index contributed by atoms with van der Waals surface area (Å²) < 4.78 is 21.2. The Morgan fingerprint density at radius 1 is 1.17 bits per heavy atom. The molecule has 0 bridgehead atoms. The first-order chi connectivity index (χ1) is 16.9. The van der Waals surface area contributed by atoms with Crippen molar-refractivity contribution in [3.8, 4) is 0 Å². The maximum atomic E-state index is 14.1. The molecular formula is C26H32FN5O3. The second-order valence-corrected chi connectivity index (χ2v) is 9.68. The van der Waals surface area contributed by atoms with Crippen molar-refractivity contribution in [2.24, 2.45) is 10.9 Å². The van der Waals surface area contributed by atoms with E-state index in [1.165, 1.54) is 6.07 Å². The molecule has 0 spiro atoms. The molecule has 1 saturated heterocycles. The Morgan fingerprint density at radius 3 is 2.54 bits per heavy atom. The molecular weight excluding hydrogens is 449 g/mol. The van der Waals surface area contributed by atoms with Crippen LogP contribution in [0.3, 0.4) is 0 Å². The fraction of sp³-hybridized carbons (Fsp3) is 0.538. The van der Waals surface area contributed by atoms with E-state index in [0.29, 0.717) is 62.2 Å². The normalized spacial score (nSPS) is 22.5. The zero-order valence-electron chi connectivity index (χ0n) is 20.5. The van der Waals surface area contributed by atoms with Crippen molar-refractivity contribution in [2.75, 3.05) is 37.7 Å². The number of ether oxygens (including phenoxy) is 1. The Bertz CT molecular complexity index is 1210. The zero-order chi connectivity index (χ0) is 24.7. The van der Waals surface area contributed by atoms with E-state index in [-0.39, 0.29) is 29.4 Å². The van der Waals surface area contributed by atoms with Gasteiger partial charge < -0.3 is 9.64 Å². The van der Waals surface area contributed by atoms with Crippen molar-refractivity contribution in [2.45, 2.75) is 52.1 Å². The van der Waals surface area contributed by atoms with Gasteiger partial charge in [0.2, 0.25) is 0 Å². The molecule has 0 amide bonds. The molecule has 2 aromatic rings. The molecule has 2 fully saturated rings. The number of anilines is 1. The summed E-state index contributed by atoms with van der Waals surface area (Å²) in [6.45, 7) is 9.22. The number of carbonyl (C=O) groups excluding carboxylic acids is 1.